The molecule has 158 valence electrons. The van der Waals surface area contributed by atoms with Gasteiger partial charge in [-0.25, -0.2) is 4.98 Å². The normalized spacial score (nSPS) is 17.4. The second kappa shape index (κ2) is 8.02. The molecule has 1 amide bonds. The third-order valence-corrected chi connectivity index (χ3v) is 6.47. The van der Waals surface area contributed by atoms with Crippen LogP contribution in [0.1, 0.15) is 56.1 Å². The van der Waals surface area contributed by atoms with Crippen molar-refractivity contribution in [3.05, 3.63) is 46.5 Å². The molecule has 6 nitrogen and oxygen atoms in total. The number of amides is 1. The Morgan fingerprint density at radius 1 is 1.30 bits per heavy atom. The lowest BCUT2D eigenvalue weighted by molar-refractivity contribution is 0.102. The van der Waals surface area contributed by atoms with E-state index in [2.05, 4.69) is 61.9 Å². The van der Waals surface area contributed by atoms with Crippen molar-refractivity contribution in [2.45, 2.75) is 53.0 Å². The summed E-state index contributed by atoms with van der Waals surface area (Å²) in [7, 11) is 0. The summed E-state index contributed by atoms with van der Waals surface area (Å²) in [6, 6.07) is 4.13. The van der Waals surface area contributed by atoms with Crippen LogP contribution in [-0.2, 0) is 0 Å². The average molecular weight is 470 g/mol. The minimum atomic E-state index is -0.217. The molecule has 30 heavy (non-hydrogen) atoms. The van der Waals surface area contributed by atoms with Crippen LogP contribution in [-0.4, -0.2) is 33.4 Å². The van der Waals surface area contributed by atoms with Crippen molar-refractivity contribution >= 4 is 44.2 Å². The maximum absolute atomic E-state index is 12.9. The zero-order chi connectivity index (χ0) is 21.5. The third kappa shape index (κ3) is 3.83. The summed E-state index contributed by atoms with van der Waals surface area (Å²) in [6.07, 6.45) is 8.85. The predicted molar refractivity (Wildman–Crippen MR) is 125 cm³/mol. The predicted octanol–water partition coefficient (Wildman–Crippen LogP) is 5.69. The summed E-state index contributed by atoms with van der Waals surface area (Å²) in [5.74, 6) is -0.217. The standard InChI is InChI=1S/C23H28BrN5O/c1-14-8-7-10-25-19(14)22(30)28-16-13-27-21-18(16)20(15(24)12-26-21)29-11-6-5-9-17(29)23(2,3)4/h7-8,10,12-13,17H,5-6,9,11H2,1-4H3,(H,26,27)(H,28,30)/t17-/m1/s1. The number of aromatic amines is 1. The molecule has 7 heteroatoms. The number of carbonyl (C=O) groups excluding carboxylic acids is 1. The van der Waals surface area contributed by atoms with E-state index < -0.39 is 0 Å². The summed E-state index contributed by atoms with van der Waals surface area (Å²) in [6.45, 7) is 9.77. The van der Waals surface area contributed by atoms with Gasteiger partial charge in [-0.05, 0) is 59.2 Å². The first kappa shape index (κ1) is 20.8. The number of hydrogen-bond donors (Lipinski definition) is 2. The van der Waals surface area contributed by atoms with Crippen molar-refractivity contribution in [2.75, 3.05) is 16.8 Å². The van der Waals surface area contributed by atoms with E-state index in [4.69, 9.17) is 0 Å². The van der Waals surface area contributed by atoms with Crippen molar-refractivity contribution in [2.24, 2.45) is 5.41 Å². The van der Waals surface area contributed by atoms with Gasteiger partial charge >= 0.3 is 0 Å². The van der Waals surface area contributed by atoms with Crippen LogP contribution in [0.3, 0.4) is 0 Å². The second-order valence-corrected chi connectivity index (χ2v) is 9.93. The van der Waals surface area contributed by atoms with Gasteiger partial charge in [-0.3, -0.25) is 9.78 Å². The fourth-order valence-corrected chi connectivity index (χ4v) is 4.97. The number of fused-ring (bicyclic) bond motifs is 1. The van der Waals surface area contributed by atoms with Crippen LogP contribution in [0.2, 0.25) is 0 Å². The molecule has 0 radical (unpaired) electrons. The number of hydrogen-bond acceptors (Lipinski definition) is 4. The summed E-state index contributed by atoms with van der Waals surface area (Å²) < 4.78 is 0.940. The molecule has 1 aliphatic heterocycles. The van der Waals surface area contributed by atoms with E-state index in [0.29, 0.717) is 11.7 Å². The fraction of sp³-hybridized carbons (Fsp3) is 0.435. The fourth-order valence-electron chi connectivity index (χ4n) is 4.44. The zero-order valence-electron chi connectivity index (χ0n) is 17.9. The van der Waals surface area contributed by atoms with E-state index in [0.717, 1.165) is 51.8 Å². The van der Waals surface area contributed by atoms with Crippen LogP contribution in [0.5, 0.6) is 0 Å². The molecule has 0 aromatic carbocycles. The number of H-pyrrole nitrogens is 1. The first-order chi connectivity index (χ1) is 14.3. The number of nitrogens with one attached hydrogen (secondary N) is 2. The molecular weight excluding hydrogens is 442 g/mol. The number of pyridine rings is 2. The number of piperidine rings is 1. The molecule has 0 unspecified atom stereocenters. The van der Waals surface area contributed by atoms with Crippen LogP contribution in [0.4, 0.5) is 11.4 Å². The van der Waals surface area contributed by atoms with Crippen molar-refractivity contribution in [3.8, 4) is 0 Å². The summed E-state index contributed by atoms with van der Waals surface area (Å²) in [5, 5.41) is 3.99. The lowest BCUT2D eigenvalue weighted by atomic mass is 9.80. The minimum Gasteiger partial charge on any atom is -0.366 e. The smallest absolute Gasteiger partial charge is 0.274 e. The summed E-state index contributed by atoms with van der Waals surface area (Å²) in [4.78, 5) is 27.5. The van der Waals surface area contributed by atoms with Gasteiger partial charge in [-0.1, -0.05) is 26.8 Å². The Kier molecular flexibility index (Phi) is 5.57. The number of aryl methyl sites for hydroxylation is 1. The Bertz CT molecular complexity index is 1080. The van der Waals surface area contributed by atoms with E-state index in [1.54, 1.807) is 6.20 Å². The Balaban J connectivity index is 1.80. The molecule has 0 aliphatic carbocycles. The number of nitrogens with zero attached hydrogens (tertiary/aromatic N) is 3. The molecular formula is C23H28BrN5O. The highest BCUT2D eigenvalue weighted by molar-refractivity contribution is 9.10. The molecule has 2 N–H and O–H groups in total. The molecule has 1 saturated heterocycles. The van der Waals surface area contributed by atoms with Crippen LogP contribution >= 0.6 is 15.9 Å². The molecule has 1 atom stereocenters. The molecule has 1 aliphatic rings. The van der Waals surface area contributed by atoms with Crippen molar-refractivity contribution in [1.29, 1.82) is 0 Å². The highest BCUT2D eigenvalue weighted by atomic mass is 79.9. The molecule has 0 spiro atoms. The Hall–Kier alpha value is -2.41. The molecule has 1 fully saturated rings. The SMILES string of the molecule is Cc1cccnc1C(=O)Nc1c[nH]c2ncc(Br)c(N3CCCC[C@@H]3C(C)(C)C)c12. The highest BCUT2D eigenvalue weighted by Gasteiger charge is 2.35. The van der Waals surface area contributed by atoms with Gasteiger partial charge in [0.05, 0.1) is 21.2 Å². The first-order valence-corrected chi connectivity index (χ1v) is 11.2. The lowest BCUT2D eigenvalue weighted by Crippen LogP contribution is -2.47. The van der Waals surface area contributed by atoms with Crippen molar-refractivity contribution < 1.29 is 4.79 Å². The van der Waals surface area contributed by atoms with Crippen LogP contribution < -0.4 is 10.2 Å². The minimum absolute atomic E-state index is 0.139. The van der Waals surface area contributed by atoms with E-state index in [1.165, 1.54) is 6.42 Å². The van der Waals surface area contributed by atoms with Gasteiger partial charge in [0.2, 0.25) is 0 Å². The lowest BCUT2D eigenvalue weighted by Gasteiger charge is -2.45. The Morgan fingerprint density at radius 2 is 2.10 bits per heavy atom. The average Bonchev–Trinajstić information content (AvgIpc) is 3.10. The van der Waals surface area contributed by atoms with Crippen molar-refractivity contribution in [1.82, 2.24) is 15.0 Å². The zero-order valence-corrected chi connectivity index (χ0v) is 19.5. The van der Waals surface area contributed by atoms with Crippen molar-refractivity contribution in [3.63, 3.8) is 0 Å². The van der Waals surface area contributed by atoms with Crippen LogP contribution in [0, 0.1) is 12.3 Å². The molecule has 3 aromatic rings. The van der Waals surface area contributed by atoms with E-state index in [-0.39, 0.29) is 11.3 Å². The van der Waals surface area contributed by atoms with E-state index in [1.807, 2.05) is 31.5 Å². The molecule has 0 bridgehead atoms. The van der Waals surface area contributed by atoms with Gasteiger partial charge in [0, 0.05) is 31.2 Å². The first-order valence-electron chi connectivity index (χ1n) is 10.4. The van der Waals surface area contributed by atoms with Gasteiger partial charge in [-0.2, -0.15) is 0 Å². The van der Waals surface area contributed by atoms with Crippen LogP contribution in [0.15, 0.2) is 35.2 Å². The van der Waals surface area contributed by atoms with Gasteiger partial charge in [-0.15, -0.1) is 0 Å². The molecule has 0 saturated carbocycles. The summed E-state index contributed by atoms with van der Waals surface area (Å²) >= 11 is 3.75. The molecule has 4 heterocycles. The maximum Gasteiger partial charge on any atom is 0.274 e. The largest absolute Gasteiger partial charge is 0.366 e. The topological polar surface area (TPSA) is 73.9 Å². The Morgan fingerprint density at radius 3 is 2.83 bits per heavy atom. The second-order valence-electron chi connectivity index (χ2n) is 9.07. The monoisotopic (exact) mass is 469 g/mol. The van der Waals surface area contributed by atoms with Crippen LogP contribution in [0.25, 0.3) is 11.0 Å². The number of anilines is 2. The van der Waals surface area contributed by atoms with Gasteiger partial charge in [0.1, 0.15) is 11.3 Å². The van der Waals surface area contributed by atoms with Gasteiger partial charge in [0.15, 0.2) is 0 Å². The third-order valence-electron chi connectivity index (χ3n) is 5.89. The molecule has 3 aromatic heterocycles. The van der Waals surface area contributed by atoms with E-state index in [9.17, 15) is 4.79 Å². The highest BCUT2D eigenvalue weighted by Crippen LogP contribution is 2.43. The maximum atomic E-state index is 12.9. The number of carbonyl (C=O) groups is 1. The number of halogens is 1. The summed E-state index contributed by atoms with van der Waals surface area (Å²) in [5.41, 5.74) is 4.00. The Labute approximate surface area is 185 Å². The van der Waals surface area contributed by atoms with Gasteiger partial charge in [0.25, 0.3) is 5.91 Å². The molecule has 4 rings (SSSR count). The quantitative estimate of drug-likeness (QED) is 0.516. The van der Waals surface area contributed by atoms with E-state index >= 15 is 0 Å². The number of aromatic nitrogens is 3. The van der Waals surface area contributed by atoms with Gasteiger partial charge < -0.3 is 15.2 Å². The number of rotatable bonds is 3.